The molecular weight excluding hydrogens is 404 g/mol. The van der Waals surface area contributed by atoms with Gasteiger partial charge >= 0.3 is 0 Å². The summed E-state index contributed by atoms with van der Waals surface area (Å²) in [6.07, 6.45) is 0. The molecule has 0 saturated heterocycles. The number of sulfonamides is 1. The Morgan fingerprint density at radius 2 is 1.56 bits per heavy atom. The number of benzene rings is 2. The van der Waals surface area contributed by atoms with Crippen molar-refractivity contribution in [2.75, 3.05) is 10.0 Å². The van der Waals surface area contributed by atoms with Crippen molar-refractivity contribution in [3.05, 3.63) is 52.5 Å². The van der Waals surface area contributed by atoms with Crippen LogP contribution >= 0.6 is 15.9 Å². The molecule has 0 heterocycles. The van der Waals surface area contributed by atoms with E-state index in [1.54, 1.807) is 42.5 Å². The molecule has 0 spiro atoms. The van der Waals surface area contributed by atoms with Crippen molar-refractivity contribution < 1.29 is 13.2 Å². The highest BCUT2D eigenvalue weighted by atomic mass is 79.9. The van der Waals surface area contributed by atoms with Crippen molar-refractivity contribution >= 4 is 43.2 Å². The second-order valence-corrected chi connectivity index (χ2v) is 9.33. The van der Waals surface area contributed by atoms with Gasteiger partial charge in [0.2, 0.25) is 5.91 Å². The summed E-state index contributed by atoms with van der Waals surface area (Å²) in [7, 11) is -3.70. The van der Waals surface area contributed by atoms with Gasteiger partial charge in [0.1, 0.15) is 4.90 Å². The van der Waals surface area contributed by atoms with Gasteiger partial charge in [-0.25, -0.2) is 8.42 Å². The fourth-order valence-electron chi connectivity index (χ4n) is 1.97. The number of aryl methyl sites for hydroxylation is 1. The number of carbonyl (C=O) groups excluding carboxylic acids is 1. The third-order valence-corrected chi connectivity index (χ3v) is 5.81. The molecule has 0 aliphatic heterocycles. The third kappa shape index (κ3) is 5.06. The molecule has 0 fully saturated rings. The lowest BCUT2D eigenvalue weighted by atomic mass is 9.95. The number of amides is 1. The van der Waals surface area contributed by atoms with Gasteiger partial charge in [0.15, 0.2) is 0 Å². The van der Waals surface area contributed by atoms with Crippen LogP contribution in [0.4, 0.5) is 11.4 Å². The SMILES string of the molecule is Cc1ccc(S(=O)(=O)Nc2ccc(NC(=O)C(C)(C)C)cc2)c(Br)c1. The number of anilines is 2. The van der Waals surface area contributed by atoms with E-state index in [0.29, 0.717) is 15.8 Å². The van der Waals surface area contributed by atoms with Gasteiger partial charge in [-0.15, -0.1) is 0 Å². The summed E-state index contributed by atoms with van der Waals surface area (Å²) in [4.78, 5) is 12.1. The van der Waals surface area contributed by atoms with Crippen molar-refractivity contribution in [2.24, 2.45) is 5.41 Å². The van der Waals surface area contributed by atoms with Gasteiger partial charge in [-0.05, 0) is 64.8 Å². The van der Waals surface area contributed by atoms with Crippen LogP contribution in [0.2, 0.25) is 0 Å². The molecule has 0 atom stereocenters. The first-order valence-electron chi connectivity index (χ1n) is 7.69. The minimum atomic E-state index is -3.70. The van der Waals surface area contributed by atoms with Crippen LogP contribution in [0, 0.1) is 12.3 Å². The molecule has 0 aliphatic carbocycles. The molecule has 0 unspecified atom stereocenters. The molecule has 0 aromatic heterocycles. The Labute approximate surface area is 157 Å². The van der Waals surface area contributed by atoms with Gasteiger partial charge < -0.3 is 5.32 Å². The number of nitrogens with one attached hydrogen (secondary N) is 2. The second kappa shape index (κ2) is 7.17. The van der Waals surface area contributed by atoms with Crippen molar-refractivity contribution in [1.29, 1.82) is 0 Å². The lowest BCUT2D eigenvalue weighted by Crippen LogP contribution is -2.27. The van der Waals surface area contributed by atoms with E-state index in [1.165, 1.54) is 0 Å². The van der Waals surface area contributed by atoms with E-state index in [-0.39, 0.29) is 10.8 Å². The van der Waals surface area contributed by atoms with Crippen LogP contribution in [0.3, 0.4) is 0 Å². The fourth-order valence-corrected chi connectivity index (χ4v) is 4.23. The van der Waals surface area contributed by atoms with Crippen molar-refractivity contribution in [3.63, 3.8) is 0 Å². The summed E-state index contributed by atoms with van der Waals surface area (Å²) in [6.45, 7) is 7.36. The maximum atomic E-state index is 12.5. The highest BCUT2D eigenvalue weighted by Gasteiger charge is 2.21. The molecule has 134 valence electrons. The molecule has 0 aliphatic rings. The molecule has 0 radical (unpaired) electrons. The molecule has 5 nitrogen and oxygen atoms in total. The number of rotatable bonds is 4. The Morgan fingerprint density at radius 3 is 2.08 bits per heavy atom. The van der Waals surface area contributed by atoms with Crippen LogP contribution < -0.4 is 10.0 Å². The number of hydrogen-bond donors (Lipinski definition) is 2. The van der Waals surface area contributed by atoms with Crippen LogP contribution in [0.15, 0.2) is 51.8 Å². The van der Waals surface area contributed by atoms with Gasteiger partial charge in [-0.1, -0.05) is 26.8 Å². The normalized spacial score (nSPS) is 11.9. The zero-order valence-corrected chi connectivity index (χ0v) is 17.0. The number of halogens is 1. The van der Waals surface area contributed by atoms with E-state index in [1.807, 2.05) is 27.7 Å². The third-order valence-electron chi connectivity index (χ3n) is 3.45. The van der Waals surface area contributed by atoms with Crippen molar-refractivity contribution in [1.82, 2.24) is 0 Å². The quantitative estimate of drug-likeness (QED) is 0.755. The maximum Gasteiger partial charge on any atom is 0.263 e. The van der Waals surface area contributed by atoms with E-state index >= 15 is 0 Å². The van der Waals surface area contributed by atoms with E-state index in [2.05, 4.69) is 26.0 Å². The Hall–Kier alpha value is -1.86. The first-order chi connectivity index (χ1) is 11.5. The van der Waals surface area contributed by atoms with Gasteiger partial charge in [-0.3, -0.25) is 9.52 Å². The van der Waals surface area contributed by atoms with Crippen LogP contribution in [0.1, 0.15) is 26.3 Å². The summed E-state index contributed by atoms with van der Waals surface area (Å²) in [5, 5.41) is 2.80. The molecule has 7 heteroatoms. The van der Waals surface area contributed by atoms with Crippen molar-refractivity contribution in [2.45, 2.75) is 32.6 Å². The second-order valence-electron chi connectivity index (χ2n) is 6.82. The van der Waals surface area contributed by atoms with Crippen LogP contribution in [0.25, 0.3) is 0 Å². The zero-order chi connectivity index (χ0) is 18.8. The van der Waals surface area contributed by atoms with E-state index < -0.39 is 15.4 Å². The van der Waals surface area contributed by atoms with Gasteiger partial charge in [-0.2, -0.15) is 0 Å². The molecule has 25 heavy (non-hydrogen) atoms. The van der Waals surface area contributed by atoms with Crippen LogP contribution in [-0.4, -0.2) is 14.3 Å². The minimum Gasteiger partial charge on any atom is -0.326 e. The van der Waals surface area contributed by atoms with Gasteiger partial charge in [0, 0.05) is 21.3 Å². The maximum absolute atomic E-state index is 12.5. The predicted molar refractivity (Wildman–Crippen MR) is 104 cm³/mol. The van der Waals surface area contributed by atoms with Crippen LogP contribution in [0.5, 0.6) is 0 Å². The molecule has 2 aromatic carbocycles. The molecule has 2 rings (SSSR count). The molecule has 0 saturated carbocycles. The highest BCUT2D eigenvalue weighted by molar-refractivity contribution is 9.10. The number of carbonyl (C=O) groups is 1. The zero-order valence-electron chi connectivity index (χ0n) is 14.6. The Balaban J connectivity index is 2.16. The summed E-state index contributed by atoms with van der Waals surface area (Å²) in [5.74, 6) is -0.107. The number of hydrogen-bond acceptors (Lipinski definition) is 3. The highest BCUT2D eigenvalue weighted by Crippen LogP contribution is 2.26. The Morgan fingerprint density at radius 1 is 1.00 bits per heavy atom. The molecular formula is C18H21BrN2O3S. The van der Waals surface area contributed by atoms with E-state index in [9.17, 15) is 13.2 Å². The molecule has 0 bridgehead atoms. The lowest BCUT2D eigenvalue weighted by molar-refractivity contribution is -0.123. The van der Waals surface area contributed by atoms with Crippen molar-refractivity contribution in [3.8, 4) is 0 Å². The largest absolute Gasteiger partial charge is 0.326 e. The first kappa shape index (κ1) is 19.5. The molecule has 2 aromatic rings. The van der Waals surface area contributed by atoms with E-state index in [0.717, 1.165) is 5.56 Å². The first-order valence-corrected chi connectivity index (χ1v) is 9.97. The summed E-state index contributed by atoms with van der Waals surface area (Å²) >= 11 is 3.29. The Bertz CT molecular complexity index is 886. The predicted octanol–water partition coefficient (Wildman–Crippen LogP) is 4.54. The fraction of sp³-hybridized carbons (Fsp3) is 0.278. The average Bonchev–Trinajstić information content (AvgIpc) is 2.47. The van der Waals surface area contributed by atoms with Crippen LogP contribution in [-0.2, 0) is 14.8 Å². The minimum absolute atomic E-state index is 0.107. The summed E-state index contributed by atoms with van der Waals surface area (Å²) in [5.41, 5.74) is 1.49. The smallest absolute Gasteiger partial charge is 0.263 e. The lowest BCUT2D eigenvalue weighted by Gasteiger charge is -2.18. The average molecular weight is 425 g/mol. The molecule has 1 amide bonds. The molecule has 2 N–H and O–H groups in total. The standard InChI is InChI=1S/C18H21BrN2O3S/c1-12-5-10-16(15(19)11-12)25(23,24)21-14-8-6-13(7-9-14)20-17(22)18(2,3)4/h5-11,21H,1-4H3,(H,20,22). The summed E-state index contributed by atoms with van der Waals surface area (Å²) < 4.78 is 28.1. The topological polar surface area (TPSA) is 75.3 Å². The van der Waals surface area contributed by atoms with Gasteiger partial charge in [0.25, 0.3) is 10.0 Å². The Kier molecular flexibility index (Phi) is 5.58. The van der Waals surface area contributed by atoms with E-state index in [4.69, 9.17) is 0 Å². The summed E-state index contributed by atoms with van der Waals surface area (Å²) in [6, 6.07) is 11.6. The monoisotopic (exact) mass is 424 g/mol. The van der Waals surface area contributed by atoms with Gasteiger partial charge in [0.05, 0.1) is 0 Å².